The monoisotopic (exact) mass is 373 g/mol. The molecule has 2 aromatic carbocycles. The maximum atomic E-state index is 12.2. The maximum absolute atomic E-state index is 12.2. The second-order valence-electron chi connectivity index (χ2n) is 5.38. The predicted molar refractivity (Wildman–Crippen MR) is 101 cm³/mol. The van der Waals surface area contributed by atoms with Crippen LogP contribution in [0.15, 0.2) is 53.4 Å². The molecule has 2 aromatic rings. The minimum Gasteiger partial charge on any atom is -0.488 e. The first-order chi connectivity index (χ1) is 12.1. The standard InChI is InChI=1S/C19H16ClNO3S/c1-2-21-18(22)17(25-19(21)23)11-14-5-3-4-6-16(14)24-12-13-7-9-15(20)10-8-13/h3-11H,2,12H2,1H3. The fraction of sp³-hybridized carbons (Fsp3) is 0.158. The van der Waals surface area contributed by atoms with Gasteiger partial charge in [-0.2, -0.15) is 0 Å². The van der Waals surface area contributed by atoms with Crippen molar-refractivity contribution in [1.82, 2.24) is 4.90 Å². The number of benzene rings is 2. The number of ether oxygens (including phenoxy) is 1. The highest BCUT2D eigenvalue weighted by Crippen LogP contribution is 2.33. The molecule has 0 spiro atoms. The number of hydrogen-bond acceptors (Lipinski definition) is 4. The topological polar surface area (TPSA) is 46.6 Å². The Hall–Kier alpha value is -2.24. The van der Waals surface area contributed by atoms with Crippen molar-refractivity contribution in [3.05, 3.63) is 69.6 Å². The molecule has 4 nitrogen and oxygen atoms in total. The Labute approximate surface area is 155 Å². The van der Waals surface area contributed by atoms with Gasteiger partial charge >= 0.3 is 0 Å². The quantitative estimate of drug-likeness (QED) is 0.694. The molecular formula is C19H16ClNO3S. The summed E-state index contributed by atoms with van der Waals surface area (Å²) in [5.74, 6) is 0.394. The van der Waals surface area contributed by atoms with Crippen LogP contribution in [0, 0.1) is 0 Å². The van der Waals surface area contributed by atoms with Gasteiger partial charge in [0.25, 0.3) is 11.1 Å². The predicted octanol–water partition coefficient (Wildman–Crippen LogP) is 4.98. The molecular weight excluding hydrogens is 358 g/mol. The highest BCUT2D eigenvalue weighted by atomic mass is 35.5. The van der Waals surface area contributed by atoms with E-state index in [2.05, 4.69) is 0 Å². The zero-order valence-electron chi connectivity index (χ0n) is 13.6. The van der Waals surface area contributed by atoms with Gasteiger partial charge in [-0.1, -0.05) is 41.9 Å². The molecule has 0 atom stereocenters. The molecule has 2 amide bonds. The van der Waals surface area contributed by atoms with E-state index in [-0.39, 0.29) is 11.1 Å². The summed E-state index contributed by atoms with van der Waals surface area (Å²) in [6, 6.07) is 14.9. The Balaban J connectivity index is 1.79. The van der Waals surface area contributed by atoms with Gasteiger partial charge in [-0.3, -0.25) is 14.5 Å². The molecule has 3 rings (SSSR count). The first kappa shape index (κ1) is 17.6. The van der Waals surface area contributed by atoms with Crippen molar-refractivity contribution >= 4 is 40.6 Å². The van der Waals surface area contributed by atoms with Crippen molar-refractivity contribution < 1.29 is 14.3 Å². The van der Waals surface area contributed by atoms with Gasteiger partial charge in [0.15, 0.2) is 0 Å². The van der Waals surface area contributed by atoms with Crippen molar-refractivity contribution in [2.24, 2.45) is 0 Å². The smallest absolute Gasteiger partial charge is 0.293 e. The Morgan fingerprint density at radius 1 is 1.12 bits per heavy atom. The number of hydrogen-bond donors (Lipinski definition) is 0. The molecule has 1 aliphatic heterocycles. The Bertz CT molecular complexity index is 833. The Morgan fingerprint density at radius 2 is 1.84 bits per heavy atom. The van der Waals surface area contributed by atoms with Crippen LogP contribution in [0.25, 0.3) is 6.08 Å². The highest BCUT2D eigenvalue weighted by Gasteiger charge is 2.33. The Morgan fingerprint density at radius 3 is 2.52 bits per heavy atom. The molecule has 0 saturated carbocycles. The number of thioether (sulfide) groups is 1. The van der Waals surface area contributed by atoms with Crippen LogP contribution in [0.1, 0.15) is 18.1 Å². The van der Waals surface area contributed by atoms with E-state index < -0.39 is 0 Å². The number of carbonyl (C=O) groups excluding carboxylic acids is 2. The van der Waals surface area contributed by atoms with Crippen molar-refractivity contribution in [3.8, 4) is 5.75 Å². The summed E-state index contributed by atoms with van der Waals surface area (Å²) in [6.45, 7) is 2.54. The number of nitrogens with zero attached hydrogens (tertiary/aromatic N) is 1. The lowest BCUT2D eigenvalue weighted by atomic mass is 10.1. The molecule has 6 heteroatoms. The SMILES string of the molecule is CCN1C(=O)SC(=Cc2ccccc2OCc2ccc(Cl)cc2)C1=O. The number of imide groups is 1. The van der Waals surface area contributed by atoms with Gasteiger partial charge < -0.3 is 4.74 Å². The van der Waals surface area contributed by atoms with Crippen molar-refractivity contribution in [3.63, 3.8) is 0 Å². The normalized spacial score (nSPS) is 15.9. The average molecular weight is 374 g/mol. The Kier molecular flexibility index (Phi) is 5.46. The fourth-order valence-electron chi connectivity index (χ4n) is 2.39. The number of carbonyl (C=O) groups is 2. The summed E-state index contributed by atoms with van der Waals surface area (Å²) < 4.78 is 5.88. The molecule has 0 N–H and O–H groups in total. The second-order valence-corrected chi connectivity index (χ2v) is 6.81. The van der Waals surface area contributed by atoms with Crippen LogP contribution in [0.2, 0.25) is 5.02 Å². The van der Waals surface area contributed by atoms with Gasteiger partial charge in [-0.25, -0.2) is 0 Å². The molecule has 0 bridgehead atoms. The third-order valence-corrected chi connectivity index (χ3v) is 4.86. The van der Waals surface area contributed by atoms with Gasteiger partial charge in [-0.15, -0.1) is 0 Å². The lowest BCUT2D eigenvalue weighted by Crippen LogP contribution is -2.27. The van der Waals surface area contributed by atoms with E-state index in [0.29, 0.717) is 28.8 Å². The molecule has 0 radical (unpaired) electrons. The highest BCUT2D eigenvalue weighted by molar-refractivity contribution is 8.18. The second kappa shape index (κ2) is 7.76. The largest absolute Gasteiger partial charge is 0.488 e. The van der Waals surface area contributed by atoms with Crippen molar-refractivity contribution in [1.29, 1.82) is 0 Å². The fourth-order valence-corrected chi connectivity index (χ4v) is 3.41. The first-order valence-corrected chi connectivity index (χ1v) is 8.99. The van der Waals surface area contributed by atoms with E-state index in [9.17, 15) is 9.59 Å². The molecule has 25 heavy (non-hydrogen) atoms. The van der Waals surface area contributed by atoms with E-state index >= 15 is 0 Å². The van der Waals surface area contributed by atoms with Crippen molar-refractivity contribution in [2.75, 3.05) is 6.54 Å². The minimum absolute atomic E-state index is 0.238. The summed E-state index contributed by atoms with van der Waals surface area (Å²) in [7, 11) is 0. The van der Waals surface area contributed by atoms with Gasteiger partial charge in [0.05, 0.1) is 4.91 Å². The molecule has 128 valence electrons. The number of amides is 2. The molecule has 0 unspecified atom stereocenters. The summed E-state index contributed by atoms with van der Waals surface area (Å²) in [5.41, 5.74) is 1.75. The van der Waals surface area contributed by atoms with Gasteiger partial charge in [0.1, 0.15) is 12.4 Å². The molecule has 1 aliphatic rings. The summed E-state index contributed by atoms with van der Waals surface area (Å²) in [4.78, 5) is 25.7. The molecule has 1 heterocycles. The van der Waals surface area contributed by atoms with Crippen LogP contribution < -0.4 is 4.74 Å². The molecule has 0 aliphatic carbocycles. The van der Waals surface area contributed by atoms with Crippen LogP contribution in [-0.4, -0.2) is 22.6 Å². The summed E-state index contributed by atoms with van der Waals surface area (Å²) >= 11 is 6.84. The minimum atomic E-state index is -0.259. The third kappa shape index (κ3) is 4.06. The molecule has 0 aromatic heterocycles. The van der Waals surface area contributed by atoms with Gasteiger partial charge in [0.2, 0.25) is 0 Å². The van der Waals surface area contributed by atoms with E-state index in [1.54, 1.807) is 13.0 Å². The van der Waals surface area contributed by atoms with E-state index in [1.807, 2.05) is 48.5 Å². The van der Waals surface area contributed by atoms with E-state index in [0.717, 1.165) is 22.9 Å². The summed E-state index contributed by atoms with van der Waals surface area (Å²) in [6.07, 6.45) is 1.71. The van der Waals surface area contributed by atoms with E-state index in [4.69, 9.17) is 16.3 Å². The zero-order valence-corrected chi connectivity index (χ0v) is 15.1. The number of para-hydroxylation sites is 1. The average Bonchev–Trinajstić information content (AvgIpc) is 2.88. The lowest BCUT2D eigenvalue weighted by Gasteiger charge is -2.10. The van der Waals surface area contributed by atoms with E-state index in [1.165, 1.54) is 4.90 Å². The molecule has 1 fully saturated rings. The number of likely N-dealkylation sites (N-methyl/N-ethyl adjacent to an activating group) is 1. The van der Waals surface area contributed by atoms with Crippen LogP contribution in [0.4, 0.5) is 4.79 Å². The number of halogens is 1. The van der Waals surface area contributed by atoms with Gasteiger partial charge in [-0.05, 0) is 48.5 Å². The molecule has 1 saturated heterocycles. The van der Waals surface area contributed by atoms with Crippen LogP contribution in [0.5, 0.6) is 5.75 Å². The first-order valence-electron chi connectivity index (χ1n) is 7.80. The zero-order chi connectivity index (χ0) is 17.8. The third-order valence-electron chi connectivity index (χ3n) is 3.70. The van der Waals surface area contributed by atoms with Crippen LogP contribution in [0.3, 0.4) is 0 Å². The lowest BCUT2D eigenvalue weighted by molar-refractivity contribution is -0.122. The van der Waals surface area contributed by atoms with Gasteiger partial charge in [0, 0.05) is 17.1 Å². The van der Waals surface area contributed by atoms with Crippen molar-refractivity contribution in [2.45, 2.75) is 13.5 Å². The number of rotatable bonds is 5. The maximum Gasteiger partial charge on any atom is 0.293 e. The summed E-state index contributed by atoms with van der Waals surface area (Å²) in [5, 5.41) is 0.439. The van der Waals surface area contributed by atoms with Crippen LogP contribution >= 0.6 is 23.4 Å². The van der Waals surface area contributed by atoms with Crippen LogP contribution in [-0.2, 0) is 11.4 Å².